The standard InChI is InChI=1S/C14H12OSe/c1-11(15)16-14-9-7-13(8-10-14)12-5-3-2-4-6-12/h2-10H,1H3. The van der Waals surface area contributed by atoms with Crippen LogP contribution in [0.15, 0.2) is 54.6 Å². The Morgan fingerprint density at radius 1 is 0.875 bits per heavy atom. The monoisotopic (exact) mass is 276 g/mol. The molecule has 0 saturated heterocycles. The molecule has 0 heterocycles. The Kier molecular flexibility index (Phi) is 3.55. The number of carbonyl (C=O) groups excluding carboxylic acids is 1. The third kappa shape index (κ3) is 2.82. The van der Waals surface area contributed by atoms with E-state index in [2.05, 4.69) is 24.3 Å². The molecule has 0 fully saturated rings. The van der Waals surface area contributed by atoms with Crippen molar-refractivity contribution >= 4 is 24.1 Å². The maximum atomic E-state index is 11.0. The van der Waals surface area contributed by atoms with Gasteiger partial charge in [0.2, 0.25) is 0 Å². The van der Waals surface area contributed by atoms with Gasteiger partial charge in [-0.3, -0.25) is 0 Å². The van der Waals surface area contributed by atoms with E-state index in [0.29, 0.717) is 0 Å². The van der Waals surface area contributed by atoms with E-state index in [0.717, 1.165) is 4.46 Å². The van der Waals surface area contributed by atoms with Gasteiger partial charge >= 0.3 is 102 Å². The van der Waals surface area contributed by atoms with E-state index in [4.69, 9.17) is 0 Å². The van der Waals surface area contributed by atoms with Gasteiger partial charge in [-0.2, -0.15) is 0 Å². The summed E-state index contributed by atoms with van der Waals surface area (Å²) in [5, 5.41) is 0. The van der Waals surface area contributed by atoms with Crippen molar-refractivity contribution in [3.63, 3.8) is 0 Å². The normalized spacial score (nSPS) is 10.1. The molecule has 0 aromatic heterocycles. The topological polar surface area (TPSA) is 17.1 Å². The minimum absolute atomic E-state index is 0.0325. The third-order valence-corrected chi connectivity index (χ3v) is 3.89. The summed E-state index contributed by atoms with van der Waals surface area (Å²) < 4.78 is 1.40. The second kappa shape index (κ2) is 5.11. The van der Waals surface area contributed by atoms with Gasteiger partial charge in [0.25, 0.3) is 0 Å². The quantitative estimate of drug-likeness (QED) is 0.785. The second-order valence-corrected chi connectivity index (χ2v) is 6.11. The summed E-state index contributed by atoms with van der Waals surface area (Å²) in [6, 6.07) is 18.5. The van der Waals surface area contributed by atoms with Crippen LogP contribution in [0.2, 0.25) is 0 Å². The van der Waals surface area contributed by atoms with Crippen molar-refractivity contribution < 1.29 is 4.79 Å². The molecule has 0 aliphatic heterocycles. The van der Waals surface area contributed by atoms with Gasteiger partial charge in [-0.05, 0) is 0 Å². The molecular formula is C14H12OSe. The predicted molar refractivity (Wildman–Crippen MR) is 67.9 cm³/mol. The van der Waals surface area contributed by atoms with Crippen LogP contribution in [0.3, 0.4) is 0 Å². The van der Waals surface area contributed by atoms with Crippen molar-refractivity contribution in [3.05, 3.63) is 54.6 Å². The molecule has 0 aliphatic rings. The molecular weight excluding hydrogens is 263 g/mol. The average Bonchev–Trinajstić information content (AvgIpc) is 2.30. The number of rotatable bonds is 3. The minimum atomic E-state index is -0.0325. The summed E-state index contributed by atoms with van der Waals surface area (Å²) >= 11 is -0.0325. The van der Waals surface area contributed by atoms with Gasteiger partial charge < -0.3 is 0 Å². The van der Waals surface area contributed by atoms with Crippen molar-refractivity contribution in [2.75, 3.05) is 0 Å². The molecule has 2 heteroatoms. The first kappa shape index (κ1) is 11.1. The number of benzene rings is 2. The molecule has 0 amide bonds. The molecule has 0 atom stereocenters. The molecule has 0 saturated carbocycles. The second-order valence-electron chi connectivity index (χ2n) is 3.48. The average molecular weight is 275 g/mol. The van der Waals surface area contributed by atoms with Gasteiger partial charge in [0, 0.05) is 0 Å². The predicted octanol–water partition coefficient (Wildman–Crippen LogP) is 2.23. The van der Waals surface area contributed by atoms with Crippen molar-refractivity contribution in [1.29, 1.82) is 0 Å². The molecule has 0 aliphatic carbocycles. The molecule has 0 N–H and O–H groups in total. The van der Waals surface area contributed by atoms with Crippen LogP contribution in [-0.4, -0.2) is 19.6 Å². The molecule has 0 bridgehead atoms. The van der Waals surface area contributed by atoms with Crippen LogP contribution in [-0.2, 0) is 4.79 Å². The van der Waals surface area contributed by atoms with Crippen LogP contribution >= 0.6 is 0 Å². The van der Waals surface area contributed by atoms with Gasteiger partial charge in [-0.25, -0.2) is 0 Å². The molecule has 2 aromatic carbocycles. The zero-order chi connectivity index (χ0) is 11.4. The fraction of sp³-hybridized carbons (Fsp3) is 0.0714. The first-order valence-corrected chi connectivity index (χ1v) is 6.81. The maximum absolute atomic E-state index is 11.0. The number of hydrogen-bond acceptors (Lipinski definition) is 1. The fourth-order valence-electron chi connectivity index (χ4n) is 1.51. The molecule has 2 aromatic rings. The van der Waals surface area contributed by atoms with Crippen molar-refractivity contribution in [2.45, 2.75) is 6.92 Å². The van der Waals surface area contributed by atoms with Crippen LogP contribution < -0.4 is 4.46 Å². The zero-order valence-electron chi connectivity index (χ0n) is 9.01. The van der Waals surface area contributed by atoms with E-state index >= 15 is 0 Å². The van der Waals surface area contributed by atoms with E-state index in [1.807, 2.05) is 30.3 Å². The Bertz CT molecular complexity index is 474. The van der Waals surface area contributed by atoms with Gasteiger partial charge in [0.05, 0.1) is 0 Å². The summed E-state index contributed by atoms with van der Waals surface area (Å²) in [6.45, 7) is 1.64. The van der Waals surface area contributed by atoms with E-state index < -0.39 is 0 Å². The first-order valence-electron chi connectivity index (χ1n) is 5.09. The van der Waals surface area contributed by atoms with E-state index in [-0.39, 0.29) is 19.6 Å². The Morgan fingerprint density at radius 2 is 1.44 bits per heavy atom. The van der Waals surface area contributed by atoms with E-state index in [1.54, 1.807) is 6.92 Å². The summed E-state index contributed by atoms with van der Waals surface area (Å²) in [5.74, 6) is 0. The Hall–Kier alpha value is -1.37. The Morgan fingerprint density at radius 3 is 2.00 bits per heavy atom. The summed E-state index contributed by atoms with van der Waals surface area (Å²) in [6.07, 6.45) is 0. The summed E-state index contributed by atoms with van der Waals surface area (Å²) in [4.78, 5) is 11.0. The third-order valence-electron chi connectivity index (χ3n) is 2.22. The fourth-order valence-corrected chi connectivity index (χ4v) is 2.78. The van der Waals surface area contributed by atoms with Crippen molar-refractivity contribution in [1.82, 2.24) is 0 Å². The van der Waals surface area contributed by atoms with Crippen LogP contribution in [0.25, 0.3) is 11.1 Å². The zero-order valence-corrected chi connectivity index (χ0v) is 10.7. The molecule has 80 valence electrons. The van der Waals surface area contributed by atoms with Gasteiger partial charge in [-0.1, -0.05) is 0 Å². The van der Waals surface area contributed by atoms with E-state index in [1.165, 1.54) is 11.1 Å². The van der Waals surface area contributed by atoms with E-state index in [9.17, 15) is 4.79 Å². The summed E-state index contributed by atoms with van der Waals surface area (Å²) in [7, 11) is 0. The molecule has 0 unspecified atom stereocenters. The SMILES string of the molecule is CC(=O)[Se]c1ccc(-c2ccccc2)cc1. The molecule has 0 radical (unpaired) electrons. The van der Waals surface area contributed by atoms with Crippen molar-refractivity contribution in [2.24, 2.45) is 0 Å². The number of carbonyl (C=O) groups is 1. The molecule has 0 spiro atoms. The first-order chi connectivity index (χ1) is 7.75. The summed E-state index contributed by atoms with van der Waals surface area (Å²) in [5.41, 5.74) is 2.41. The number of hydrogen-bond donors (Lipinski definition) is 0. The Labute approximate surface area is 102 Å². The van der Waals surface area contributed by atoms with Crippen LogP contribution in [0, 0.1) is 0 Å². The van der Waals surface area contributed by atoms with Gasteiger partial charge in [0.1, 0.15) is 0 Å². The van der Waals surface area contributed by atoms with Gasteiger partial charge in [-0.15, -0.1) is 0 Å². The Balaban J connectivity index is 2.23. The van der Waals surface area contributed by atoms with Crippen molar-refractivity contribution in [3.8, 4) is 11.1 Å². The molecule has 2 rings (SSSR count). The van der Waals surface area contributed by atoms with Crippen LogP contribution in [0.5, 0.6) is 0 Å². The van der Waals surface area contributed by atoms with Crippen LogP contribution in [0.4, 0.5) is 0 Å². The van der Waals surface area contributed by atoms with Gasteiger partial charge in [0.15, 0.2) is 0 Å². The van der Waals surface area contributed by atoms with Crippen LogP contribution in [0.1, 0.15) is 6.92 Å². The molecule has 1 nitrogen and oxygen atoms in total. The molecule has 16 heavy (non-hydrogen) atoms.